The van der Waals surface area contributed by atoms with Crippen LogP contribution in [0.1, 0.15) is 30.5 Å². The molecule has 1 atom stereocenters. The van der Waals surface area contributed by atoms with Crippen LogP contribution in [0.3, 0.4) is 0 Å². The molecule has 0 radical (unpaired) electrons. The van der Waals surface area contributed by atoms with Gasteiger partial charge in [0.25, 0.3) is 0 Å². The van der Waals surface area contributed by atoms with Crippen molar-refractivity contribution in [3.05, 3.63) is 66.0 Å². The fraction of sp³-hybridized carbons (Fsp3) is 0.333. The third-order valence-electron chi connectivity index (χ3n) is 5.04. The predicted molar refractivity (Wildman–Crippen MR) is 97.2 cm³/mol. The Bertz CT molecular complexity index is 787. The number of nitrogens with zero attached hydrogens (tertiary/aromatic N) is 2. The van der Waals surface area contributed by atoms with Gasteiger partial charge in [0.05, 0.1) is 6.42 Å². The minimum atomic E-state index is -0.283. The minimum absolute atomic E-state index is 0.149. The number of fused-ring (bicyclic) bond motifs is 1. The third-order valence-corrected chi connectivity index (χ3v) is 5.04. The molecule has 1 saturated heterocycles. The lowest BCUT2D eigenvalue weighted by molar-refractivity contribution is -0.130. The molecular formula is C21H22N2O2. The normalized spacial score (nSPS) is 22.2. The molecule has 4 nitrogen and oxygen atoms in total. The average molecular weight is 334 g/mol. The van der Waals surface area contributed by atoms with E-state index >= 15 is 0 Å². The zero-order valence-corrected chi connectivity index (χ0v) is 14.2. The highest BCUT2D eigenvalue weighted by atomic mass is 16.5. The Labute approximate surface area is 148 Å². The summed E-state index contributed by atoms with van der Waals surface area (Å²) in [5.74, 6) is 1.09. The molecule has 25 heavy (non-hydrogen) atoms. The summed E-state index contributed by atoms with van der Waals surface area (Å²) in [6, 6.07) is 13.8. The van der Waals surface area contributed by atoms with E-state index in [1.807, 2.05) is 41.3 Å². The van der Waals surface area contributed by atoms with E-state index in [1.54, 1.807) is 6.20 Å². The van der Waals surface area contributed by atoms with Gasteiger partial charge in [0.1, 0.15) is 11.4 Å². The van der Waals surface area contributed by atoms with Gasteiger partial charge in [-0.15, -0.1) is 0 Å². The number of ether oxygens (including phenoxy) is 1. The van der Waals surface area contributed by atoms with E-state index in [0.717, 1.165) is 49.4 Å². The fourth-order valence-electron chi connectivity index (χ4n) is 3.62. The van der Waals surface area contributed by atoms with Crippen LogP contribution in [0, 0.1) is 0 Å². The smallest absolute Gasteiger partial charge is 0.228 e. The molecule has 3 heterocycles. The van der Waals surface area contributed by atoms with Crippen molar-refractivity contribution in [2.24, 2.45) is 0 Å². The van der Waals surface area contributed by atoms with Crippen molar-refractivity contribution in [2.75, 3.05) is 13.1 Å². The van der Waals surface area contributed by atoms with Gasteiger partial charge in [0.15, 0.2) is 0 Å². The van der Waals surface area contributed by atoms with Crippen LogP contribution in [0.4, 0.5) is 0 Å². The Hall–Kier alpha value is -2.62. The fourth-order valence-corrected chi connectivity index (χ4v) is 3.62. The summed E-state index contributed by atoms with van der Waals surface area (Å²) in [5.41, 5.74) is 1.67. The van der Waals surface area contributed by atoms with Crippen LogP contribution >= 0.6 is 0 Å². The van der Waals surface area contributed by atoms with Gasteiger partial charge in [0, 0.05) is 37.0 Å². The third kappa shape index (κ3) is 3.43. The van der Waals surface area contributed by atoms with Crippen molar-refractivity contribution in [1.82, 2.24) is 9.88 Å². The summed E-state index contributed by atoms with van der Waals surface area (Å²) in [4.78, 5) is 18.8. The second kappa shape index (κ2) is 6.71. The molecule has 0 unspecified atom stereocenters. The van der Waals surface area contributed by atoms with Gasteiger partial charge in [-0.2, -0.15) is 0 Å². The van der Waals surface area contributed by atoms with Gasteiger partial charge >= 0.3 is 0 Å². The quantitative estimate of drug-likeness (QED) is 0.844. The van der Waals surface area contributed by atoms with Crippen LogP contribution in [0.25, 0.3) is 6.08 Å². The molecule has 1 amide bonds. The van der Waals surface area contributed by atoms with Crippen molar-refractivity contribution in [3.63, 3.8) is 0 Å². The molecule has 0 saturated carbocycles. The van der Waals surface area contributed by atoms with Crippen LogP contribution < -0.4 is 4.74 Å². The number of hydrogen-bond donors (Lipinski definition) is 0. The van der Waals surface area contributed by atoms with Crippen LogP contribution in [0.15, 0.2) is 54.7 Å². The highest BCUT2D eigenvalue weighted by molar-refractivity contribution is 5.78. The SMILES string of the molecule is O=C(Cc1ccccn1)N1CCC[C@@]2(C=Cc3ccccc3O2)CC1. The number of carbonyl (C=O) groups is 1. The highest BCUT2D eigenvalue weighted by Crippen LogP contribution is 2.36. The van der Waals surface area contributed by atoms with E-state index in [-0.39, 0.29) is 11.5 Å². The molecule has 0 N–H and O–H groups in total. The largest absolute Gasteiger partial charge is 0.483 e. The molecule has 4 rings (SSSR count). The molecule has 1 spiro atoms. The van der Waals surface area contributed by atoms with Gasteiger partial charge in [0.2, 0.25) is 5.91 Å². The average Bonchev–Trinajstić information content (AvgIpc) is 2.85. The molecule has 1 fully saturated rings. The van der Waals surface area contributed by atoms with E-state index in [0.29, 0.717) is 6.42 Å². The van der Waals surface area contributed by atoms with Crippen LogP contribution in [0.2, 0.25) is 0 Å². The molecular weight excluding hydrogens is 312 g/mol. The predicted octanol–water partition coefficient (Wildman–Crippen LogP) is 3.48. The zero-order chi connectivity index (χ0) is 17.1. The Morgan fingerprint density at radius 2 is 2.00 bits per heavy atom. The summed E-state index contributed by atoms with van der Waals surface area (Å²) in [6.07, 6.45) is 9.15. The summed E-state index contributed by atoms with van der Waals surface area (Å²) in [6.45, 7) is 1.50. The van der Waals surface area contributed by atoms with Crippen molar-refractivity contribution in [2.45, 2.75) is 31.3 Å². The first kappa shape index (κ1) is 15.9. The molecule has 2 aliphatic rings. The van der Waals surface area contributed by atoms with E-state index in [4.69, 9.17) is 4.74 Å². The van der Waals surface area contributed by atoms with E-state index in [2.05, 4.69) is 23.2 Å². The number of aromatic nitrogens is 1. The van der Waals surface area contributed by atoms with Crippen LogP contribution in [-0.4, -0.2) is 34.5 Å². The van der Waals surface area contributed by atoms with Crippen molar-refractivity contribution in [3.8, 4) is 5.75 Å². The molecule has 2 aliphatic heterocycles. The molecule has 0 bridgehead atoms. The number of rotatable bonds is 2. The summed E-state index contributed by atoms with van der Waals surface area (Å²) < 4.78 is 6.35. The van der Waals surface area contributed by atoms with E-state index in [9.17, 15) is 4.79 Å². The molecule has 2 aromatic rings. The Morgan fingerprint density at radius 3 is 2.88 bits per heavy atom. The maximum Gasteiger partial charge on any atom is 0.228 e. The lowest BCUT2D eigenvalue weighted by Crippen LogP contribution is -2.38. The summed E-state index contributed by atoms with van der Waals surface area (Å²) >= 11 is 0. The summed E-state index contributed by atoms with van der Waals surface area (Å²) in [5, 5.41) is 0. The van der Waals surface area contributed by atoms with Crippen LogP contribution in [-0.2, 0) is 11.2 Å². The van der Waals surface area contributed by atoms with Crippen molar-refractivity contribution < 1.29 is 9.53 Å². The number of hydrogen-bond acceptors (Lipinski definition) is 3. The first-order valence-electron chi connectivity index (χ1n) is 8.89. The molecule has 4 heteroatoms. The number of carbonyl (C=O) groups excluding carboxylic acids is 1. The van der Waals surface area contributed by atoms with E-state index in [1.165, 1.54) is 0 Å². The molecule has 128 valence electrons. The van der Waals surface area contributed by atoms with E-state index < -0.39 is 0 Å². The number of pyridine rings is 1. The first-order chi connectivity index (χ1) is 12.2. The Morgan fingerprint density at radius 1 is 1.12 bits per heavy atom. The van der Waals surface area contributed by atoms with Crippen molar-refractivity contribution >= 4 is 12.0 Å². The van der Waals surface area contributed by atoms with Gasteiger partial charge in [-0.05, 0) is 37.1 Å². The first-order valence-corrected chi connectivity index (χ1v) is 8.89. The van der Waals surface area contributed by atoms with Crippen molar-refractivity contribution in [1.29, 1.82) is 0 Å². The van der Waals surface area contributed by atoms with Gasteiger partial charge < -0.3 is 9.64 Å². The number of benzene rings is 1. The Balaban J connectivity index is 1.43. The number of likely N-dealkylation sites (tertiary alicyclic amines) is 1. The topological polar surface area (TPSA) is 42.4 Å². The zero-order valence-electron chi connectivity index (χ0n) is 14.2. The lowest BCUT2D eigenvalue weighted by Gasteiger charge is -2.34. The number of para-hydroxylation sites is 1. The maximum atomic E-state index is 12.6. The monoisotopic (exact) mass is 334 g/mol. The standard InChI is InChI=1S/C21H22N2O2/c24-20(16-18-7-3-4-13-22-18)23-14-5-10-21(12-15-23)11-9-17-6-1-2-8-19(17)25-21/h1-4,6-9,11,13H,5,10,12,14-16H2/t21-/m1/s1. The highest BCUT2D eigenvalue weighted by Gasteiger charge is 2.35. The minimum Gasteiger partial charge on any atom is -0.483 e. The maximum absolute atomic E-state index is 12.6. The second-order valence-electron chi connectivity index (χ2n) is 6.77. The van der Waals surface area contributed by atoms with Gasteiger partial charge in [-0.1, -0.05) is 30.3 Å². The Kier molecular flexibility index (Phi) is 4.26. The second-order valence-corrected chi connectivity index (χ2v) is 6.77. The lowest BCUT2D eigenvalue weighted by atomic mass is 9.91. The van der Waals surface area contributed by atoms with Gasteiger partial charge in [-0.3, -0.25) is 9.78 Å². The molecule has 1 aromatic heterocycles. The molecule has 0 aliphatic carbocycles. The number of amides is 1. The molecule has 1 aromatic carbocycles. The summed E-state index contributed by atoms with van der Waals surface area (Å²) in [7, 11) is 0. The van der Waals surface area contributed by atoms with Gasteiger partial charge in [-0.25, -0.2) is 0 Å². The van der Waals surface area contributed by atoms with Crippen LogP contribution in [0.5, 0.6) is 5.75 Å².